The lowest BCUT2D eigenvalue weighted by Gasteiger charge is -2.27. The van der Waals surface area contributed by atoms with Gasteiger partial charge in [0, 0.05) is 31.4 Å². The highest BCUT2D eigenvalue weighted by molar-refractivity contribution is 7.90. The number of rotatable bonds is 9. The Morgan fingerprint density at radius 1 is 0.941 bits per heavy atom. The third kappa shape index (κ3) is 5.46. The summed E-state index contributed by atoms with van der Waals surface area (Å²) in [5.41, 5.74) is 1.41. The fraction of sp³-hybridized carbons (Fsp3) is 0.208. The molecule has 0 bridgehead atoms. The second-order valence-corrected chi connectivity index (χ2v) is 9.54. The van der Waals surface area contributed by atoms with Crippen molar-refractivity contribution in [2.24, 2.45) is 0 Å². The van der Waals surface area contributed by atoms with Crippen molar-refractivity contribution in [2.75, 3.05) is 37.9 Å². The molecule has 3 rings (SSSR count). The van der Waals surface area contributed by atoms with Gasteiger partial charge in [0.1, 0.15) is 5.82 Å². The zero-order valence-electron chi connectivity index (χ0n) is 19.3. The van der Waals surface area contributed by atoms with Crippen molar-refractivity contribution in [2.45, 2.75) is 6.54 Å². The van der Waals surface area contributed by atoms with Crippen LogP contribution < -0.4 is 19.1 Å². The molecule has 0 fully saturated rings. The first kappa shape index (κ1) is 25.0. The fourth-order valence-corrected chi connectivity index (χ4v) is 4.29. The fourth-order valence-electron chi connectivity index (χ4n) is 3.19. The molecule has 0 aliphatic heterocycles. The van der Waals surface area contributed by atoms with Gasteiger partial charge in [-0.15, -0.1) is 0 Å². The van der Waals surface area contributed by atoms with Crippen molar-refractivity contribution in [1.82, 2.24) is 4.31 Å². The lowest BCUT2D eigenvalue weighted by atomic mass is 10.1. The van der Waals surface area contributed by atoms with Gasteiger partial charge < -0.3 is 14.8 Å². The molecule has 0 spiro atoms. The van der Waals surface area contributed by atoms with Crippen molar-refractivity contribution in [3.05, 3.63) is 83.7 Å². The van der Waals surface area contributed by atoms with Gasteiger partial charge >= 0.3 is 10.2 Å². The minimum absolute atomic E-state index is 0.0635. The van der Waals surface area contributed by atoms with E-state index >= 15 is 0 Å². The van der Waals surface area contributed by atoms with Crippen LogP contribution in [0.3, 0.4) is 0 Å². The predicted molar refractivity (Wildman–Crippen MR) is 129 cm³/mol. The number of anilines is 2. The highest BCUT2D eigenvalue weighted by Crippen LogP contribution is 2.30. The molecule has 0 aromatic heterocycles. The van der Waals surface area contributed by atoms with Crippen LogP contribution in [0.4, 0.5) is 15.8 Å². The van der Waals surface area contributed by atoms with E-state index in [1.807, 2.05) is 0 Å². The van der Waals surface area contributed by atoms with Gasteiger partial charge in [-0.3, -0.25) is 9.10 Å². The van der Waals surface area contributed by atoms with Crippen molar-refractivity contribution in [3.63, 3.8) is 0 Å². The minimum atomic E-state index is -3.97. The van der Waals surface area contributed by atoms with E-state index in [-0.39, 0.29) is 18.1 Å². The Morgan fingerprint density at radius 2 is 1.59 bits per heavy atom. The van der Waals surface area contributed by atoms with Gasteiger partial charge in [-0.1, -0.05) is 24.3 Å². The second-order valence-electron chi connectivity index (χ2n) is 7.47. The van der Waals surface area contributed by atoms with Crippen LogP contribution in [-0.2, 0) is 16.8 Å². The molecule has 3 aromatic carbocycles. The van der Waals surface area contributed by atoms with Crippen LogP contribution in [-0.4, -0.2) is 46.9 Å². The summed E-state index contributed by atoms with van der Waals surface area (Å²) in [6.45, 7) is -0.112. The maximum atomic E-state index is 14.4. The van der Waals surface area contributed by atoms with E-state index in [4.69, 9.17) is 9.47 Å². The van der Waals surface area contributed by atoms with Gasteiger partial charge in [0.05, 0.1) is 26.5 Å². The molecule has 0 unspecified atom stereocenters. The van der Waals surface area contributed by atoms with Gasteiger partial charge in [0.15, 0.2) is 11.5 Å². The first-order valence-corrected chi connectivity index (χ1v) is 11.6. The molecule has 1 amide bonds. The molecule has 0 saturated heterocycles. The molecule has 180 valence electrons. The molecule has 10 heteroatoms. The monoisotopic (exact) mass is 487 g/mol. The molecule has 0 saturated carbocycles. The third-order valence-electron chi connectivity index (χ3n) is 5.04. The molecule has 1 N–H and O–H groups in total. The number of hydrogen-bond acceptors (Lipinski definition) is 5. The predicted octanol–water partition coefficient (Wildman–Crippen LogP) is 3.91. The van der Waals surface area contributed by atoms with Gasteiger partial charge in [-0.2, -0.15) is 12.7 Å². The molecule has 0 aliphatic rings. The number of halogens is 1. The summed E-state index contributed by atoms with van der Waals surface area (Å²) >= 11 is 0. The zero-order valence-corrected chi connectivity index (χ0v) is 20.1. The molecule has 8 nitrogen and oxygen atoms in total. The highest BCUT2D eigenvalue weighted by Gasteiger charge is 2.27. The average Bonchev–Trinajstić information content (AvgIpc) is 2.83. The summed E-state index contributed by atoms with van der Waals surface area (Å²) in [5, 5.41) is 2.78. The summed E-state index contributed by atoms with van der Waals surface area (Å²) in [5.74, 6) is 0.00686. The first-order chi connectivity index (χ1) is 16.2. The Labute approximate surface area is 198 Å². The number of para-hydroxylation sites is 1. The van der Waals surface area contributed by atoms with Crippen LogP contribution in [0.25, 0.3) is 0 Å². The van der Waals surface area contributed by atoms with Crippen LogP contribution in [0.1, 0.15) is 15.9 Å². The Kier molecular flexibility index (Phi) is 7.75. The number of benzene rings is 3. The van der Waals surface area contributed by atoms with Crippen LogP contribution in [0, 0.1) is 5.82 Å². The summed E-state index contributed by atoms with van der Waals surface area (Å²) in [6, 6.07) is 17.1. The average molecular weight is 488 g/mol. The number of nitrogens with one attached hydrogen (secondary N) is 1. The standard InChI is InChI=1S/C24H26FN3O5S/c1-27(2)34(30,31)28(21-8-6-5-7-20(21)25)16-17-9-11-18(12-10-17)24(29)26-19-13-14-22(32-3)23(15-19)33-4/h5-15H,16H2,1-4H3,(H,26,29). The topological polar surface area (TPSA) is 88.2 Å². The van der Waals surface area contributed by atoms with Crippen LogP contribution in [0.5, 0.6) is 11.5 Å². The largest absolute Gasteiger partial charge is 0.493 e. The number of amides is 1. The third-order valence-corrected chi connectivity index (χ3v) is 6.85. The van der Waals surface area contributed by atoms with E-state index in [0.717, 1.165) is 8.61 Å². The second kappa shape index (κ2) is 10.5. The molecule has 0 heterocycles. The Hall–Kier alpha value is -3.63. The number of hydrogen-bond donors (Lipinski definition) is 1. The maximum absolute atomic E-state index is 14.4. The minimum Gasteiger partial charge on any atom is -0.493 e. The number of carbonyl (C=O) groups is 1. The molecule has 34 heavy (non-hydrogen) atoms. The van der Waals surface area contributed by atoms with Crippen molar-refractivity contribution in [3.8, 4) is 11.5 Å². The Bertz CT molecular complexity index is 1260. The zero-order chi connectivity index (χ0) is 24.9. The van der Waals surface area contributed by atoms with Crippen molar-refractivity contribution < 1.29 is 27.1 Å². The van der Waals surface area contributed by atoms with E-state index in [1.54, 1.807) is 48.5 Å². The van der Waals surface area contributed by atoms with E-state index in [2.05, 4.69) is 5.32 Å². The summed E-state index contributed by atoms with van der Waals surface area (Å²) in [6.07, 6.45) is 0. The summed E-state index contributed by atoms with van der Waals surface area (Å²) in [4.78, 5) is 12.7. The SMILES string of the molecule is COc1ccc(NC(=O)c2ccc(CN(c3ccccc3F)S(=O)(=O)N(C)C)cc2)cc1OC. The normalized spacial score (nSPS) is 11.2. The lowest BCUT2D eigenvalue weighted by Crippen LogP contribution is -2.40. The quantitative estimate of drug-likeness (QED) is 0.495. The van der Waals surface area contributed by atoms with Gasteiger partial charge in [-0.05, 0) is 42.0 Å². The molecule has 3 aromatic rings. The summed E-state index contributed by atoms with van der Waals surface area (Å²) in [7, 11) is 1.82. The number of methoxy groups -OCH3 is 2. The van der Waals surface area contributed by atoms with Gasteiger partial charge in [-0.25, -0.2) is 4.39 Å². The van der Waals surface area contributed by atoms with Gasteiger partial charge in [0.2, 0.25) is 0 Å². The molecule has 0 aliphatic carbocycles. The van der Waals surface area contributed by atoms with Crippen molar-refractivity contribution >= 4 is 27.5 Å². The Morgan fingerprint density at radius 3 is 2.18 bits per heavy atom. The Balaban J connectivity index is 1.81. The molecule has 0 atom stereocenters. The maximum Gasteiger partial charge on any atom is 0.303 e. The summed E-state index contributed by atoms with van der Waals surface area (Å²) < 4.78 is 52.6. The van der Waals surface area contributed by atoms with E-state index in [1.165, 1.54) is 46.5 Å². The molecule has 0 radical (unpaired) electrons. The smallest absolute Gasteiger partial charge is 0.303 e. The van der Waals surface area contributed by atoms with Crippen LogP contribution in [0.2, 0.25) is 0 Å². The number of ether oxygens (including phenoxy) is 2. The van der Waals surface area contributed by atoms with E-state index in [0.29, 0.717) is 28.3 Å². The lowest BCUT2D eigenvalue weighted by molar-refractivity contribution is 0.102. The molecular formula is C24H26FN3O5S. The molecular weight excluding hydrogens is 461 g/mol. The number of nitrogens with zero attached hydrogens (tertiary/aromatic N) is 2. The number of carbonyl (C=O) groups excluding carboxylic acids is 1. The first-order valence-electron chi connectivity index (χ1n) is 10.2. The van der Waals surface area contributed by atoms with Crippen LogP contribution in [0.15, 0.2) is 66.7 Å². The van der Waals surface area contributed by atoms with Gasteiger partial charge in [0.25, 0.3) is 5.91 Å². The highest BCUT2D eigenvalue weighted by atomic mass is 32.2. The van der Waals surface area contributed by atoms with Crippen molar-refractivity contribution in [1.29, 1.82) is 0 Å². The van der Waals surface area contributed by atoms with E-state index < -0.39 is 16.0 Å². The van der Waals surface area contributed by atoms with E-state index in [9.17, 15) is 17.6 Å². The van der Waals surface area contributed by atoms with Crippen LogP contribution >= 0.6 is 0 Å².